The lowest BCUT2D eigenvalue weighted by Crippen LogP contribution is -2.43. The predicted octanol–water partition coefficient (Wildman–Crippen LogP) is -0.488. The highest BCUT2D eigenvalue weighted by molar-refractivity contribution is 5.69. The van der Waals surface area contributed by atoms with E-state index in [4.69, 9.17) is 0 Å². The van der Waals surface area contributed by atoms with Gasteiger partial charge in [0.2, 0.25) is 0 Å². The minimum absolute atomic E-state index is 0.375. The van der Waals surface area contributed by atoms with Gasteiger partial charge >= 0.3 is 0 Å². The van der Waals surface area contributed by atoms with E-state index in [0.29, 0.717) is 12.8 Å². The van der Waals surface area contributed by atoms with Crippen molar-refractivity contribution in [3.63, 3.8) is 0 Å². The summed E-state index contributed by atoms with van der Waals surface area (Å²) in [5, 5.41) is 20.3. The van der Waals surface area contributed by atoms with E-state index in [-0.39, 0.29) is 0 Å². The van der Waals surface area contributed by atoms with Crippen LogP contribution in [0.25, 0.3) is 0 Å². The number of hydrogen-bond donors (Lipinski definition) is 1. The fourth-order valence-corrected chi connectivity index (χ4v) is 1.94. The van der Waals surface area contributed by atoms with Crippen LogP contribution in [0.4, 0.5) is 0 Å². The highest BCUT2D eigenvalue weighted by Crippen LogP contribution is 2.25. The van der Waals surface area contributed by atoms with Crippen molar-refractivity contribution in [3.05, 3.63) is 35.4 Å². The third kappa shape index (κ3) is 1.51. The molecule has 3 heteroatoms. The van der Waals surface area contributed by atoms with Crippen LogP contribution < -0.4 is 5.11 Å². The zero-order chi connectivity index (χ0) is 10.1. The van der Waals surface area contributed by atoms with E-state index in [1.807, 2.05) is 24.3 Å². The number of benzene rings is 1. The smallest absolute Gasteiger partial charge is 0.0664 e. The molecule has 2 atom stereocenters. The molecule has 2 rings (SSSR count). The summed E-state index contributed by atoms with van der Waals surface area (Å²) in [7, 11) is 0. The number of aliphatic hydroxyl groups excluding tert-OH is 1. The number of carbonyl (C=O) groups excluding carboxylic acids is 1. The maximum atomic E-state index is 10.7. The summed E-state index contributed by atoms with van der Waals surface area (Å²) in [5.74, 6) is -1.92. The molecule has 0 fully saturated rings. The van der Waals surface area contributed by atoms with Gasteiger partial charge in [0.1, 0.15) is 0 Å². The molecule has 3 nitrogen and oxygen atoms in total. The van der Waals surface area contributed by atoms with Gasteiger partial charge < -0.3 is 15.0 Å². The van der Waals surface area contributed by atoms with Crippen molar-refractivity contribution in [2.75, 3.05) is 0 Å². The second-order valence-electron chi connectivity index (χ2n) is 3.67. The van der Waals surface area contributed by atoms with Crippen molar-refractivity contribution in [2.45, 2.75) is 18.9 Å². The molecule has 1 aromatic carbocycles. The summed E-state index contributed by atoms with van der Waals surface area (Å²) in [6.45, 7) is 0. The first-order chi connectivity index (χ1) is 6.68. The Balaban J connectivity index is 2.31. The number of hydrogen-bond acceptors (Lipinski definition) is 3. The summed E-state index contributed by atoms with van der Waals surface area (Å²) in [5.41, 5.74) is 2.05. The molecular weight excluding hydrogens is 180 g/mol. The molecule has 1 N–H and O–H groups in total. The number of aliphatic hydroxyl groups is 1. The third-order valence-corrected chi connectivity index (χ3v) is 2.75. The number of rotatable bonds is 1. The third-order valence-electron chi connectivity index (χ3n) is 2.75. The van der Waals surface area contributed by atoms with Gasteiger partial charge in [-0.25, -0.2) is 0 Å². The lowest BCUT2D eigenvalue weighted by molar-refractivity contribution is -0.314. The fourth-order valence-electron chi connectivity index (χ4n) is 1.94. The second kappa shape index (κ2) is 3.42. The molecular formula is C11H11O3-. The van der Waals surface area contributed by atoms with Crippen molar-refractivity contribution in [3.8, 4) is 0 Å². The van der Waals surface area contributed by atoms with Gasteiger partial charge in [-0.1, -0.05) is 24.3 Å². The average molecular weight is 191 g/mol. The molecule has 0 saturated heterocycles. The first-order valence-corrected chi connectivity index (χ1v) is 4.64. The fraction of sp³-hybridized carbons (Fsp3) is 0.364. The van der Waals surface area contributed by atoms with E-state index in [1.165, 1.54) is 0 Å². The quantitative estimate of drug-likeness (QED) is 0.651. The Morgan fingerprint density at radius 3 is 2.43 bits per heavy atom. The Morgan fingerprint density at radius 1 is 1.29 bits per heavy atom. The van der Waals surface area contributed by atoms with Crippen LogP contribution in [0, 0.1) is 5.92 Å². The van der Waals surface area contributed by atoms with Crippen LogP contribution in [0.2, 0.25) is 0 Å². The highest BCUT2D eigenvalue weighted by Gasteiger charge is 2.27. The molecule has 14 heavy (non-hydrogen) atoms. The molecule has 0 heterocycles. The van der Waals surface area contributed by atoms with Crippen molar-refractivity contribution in [1.29, 1.82) is 0 Å². The number of carboxylic acid groups (broad SMARTS) is 1. The minimum atomic E-state index is -1.16. The van der Waals surface area contributed by atoms with Crippen molar-refractivity contribution < 1.29 is 15.0 Å². The van der Waals surface area contributed by atoms with Crippen LogP contribution >= 0.6 is 0 Å². The Bertz CT molecular complexity index is 359. The van der Waals surface area contributed by atoms with Gasteiger partial charge in [-0.15, -0.1) is 0 Å². The molecule has 0 amide bonds. The second-order valence-corrected chi connectivity index (χ2v) is 3.67. The summed E-state index contributed by atoms with van der Waals surface area (Å²) in [6, 6.07) is 7.59. The van der Waals surface area contributed by atoms with Gasteiger partial charge in [-0.2, -0.15) is 0 Å². The SMILES string of the molecule is O=C([O-])[C@H]1Cc2ccccc2C[C@H]1O. The lowest BCUT2D eigenvalue weighted by Gasteiger charge is -2.30. The van der Waals surface area contributed by atoms with Crippen LogP contribution in [0.15, 0.2) is 24.3 Å². The van der Waals surface area contributed by atoms with Crippen molar-refractivity contribution >= 4 is 5.97 Å². The van der Waals surface area contributed by atoms with Crippen molar-refractivity contribution in [2.24, 2.45) is 5.92 Å². The molecule has 0 spiro atoms. The van der Waals surface area contributed by atoms with Gasteiger partial charge in [0, 0.05) is 11.9 Å². The largest absolute Gasteiger partial charge is 0.550 e. The summed E-state index contributed by atoms with van der Waals surface area (Å²) < 4.78 is 0. The number of carbonyl (C=O) groups is 1. The van der Waals surface area contributed by atoms with E-state index in [2.05, 4.69) is 0 Å². The minimum Gasteiger partial charge on any atom is -0.550 e. The molecule has 1 aliphatic rings. The Kier molecular flexibility index (Phi) is 2.25. The van der Waals surface area contributed by atoms with Crippen LogP contribution in [-0.4, -0.2) is 17.2 Å². The molecule has 0 aliphatic heterocycles. The maximum absolute atomic E-state index is 10.7. The van der Waals surface area contributed by atoms with Gasteiger partial charge in [-0.05, 0) is 24.0 Å². The van der Waals surface area contributed by atoms with E-state index in [0.717, 1.165) is 11.1 Å². The normalized spacial score (nSPS) is 25.5. The maximum Gasteiger partial charge on any atom is 0.0664 e. The Labute approximate surface area is 82.0 Å². The summed E-state index contributed by atoms with van der Waals surface area (Å²) in [6.07, 6.45) is -0.0241. The number of carboxylic acids is 1. The number of fused-ring (bicyclic) bond motifs is 1. The van der Waals surface area contributed by atoms with E-state index < -0.39 is 18.0 Å². The van der Waals surface area contributed by atoms with Crippen LogP contribution in [-0.2, 0) is 17.6 Å². The molecule has 1 aromatic rings. The first kappa shape index (κ1) is 9.21. The topological polar surface area (TPSA) is 60.4 Å². The van der Waals surface area contributed by atoms with E-state index >= 15 is 0 Å². The van der Waals surface area contributed by atoms with E-state index in [1.54, 1.807) is 0 Å². The predicted molar refractivity (Wildman–Crippen MR) is 48.4 cm³/mol. The standard InChI is InChI=1S/C11H12O3/c12-10-6-8-4-2-1-3-7(8)5-9(10)11(13)14/h1-4,9-10,12H,5-6H2,(H,13,14)/p-1/t9-,10+/m0/s1. The van der Waals surface area contributed by atoms with Gasteiger partial charge in [0.25, 0.3) is 0 Å². The average Bonchev–Trinajstić information content (AvgIpc) is 2.16. The summed E-state index contributed by atoms with van der Waals surface area (Å²) >= 11 is 0. The molecule has 0 saturated carbocycles. The molecule has 0 unspecified atom stereocenters. The van der Waals surface area contributed by atoms with Crippen molar-refractivity contribution in [1.82, 2.24) is 0 Å². The molecule has 74 valence electrons. The highest BCUT2D eigenvalue weighted by atomic mass is 16.4. The lowest BCUT2D eigenvalue weighted by atomic mass is 9.82. The molecule has 0 radical (unpaired) electrons. The Morgan fingerprint density at radius 2 is 1.86 bits per heavy atom. The zero-order valence-electron chi connectivity index (χ0n) is 7.64. The Hall–Kier alpha value is -1.35. The van der Waals surface area contributed by atoms with E-state index in [9.17, 15) is 15.0 Å². The first-order valence-electron chi connectivity index (χ1n) is 4.64. The molecule has 0 bridgehead atoms. The van der Waals surface area contributed by atoms with Gasteiger partial charge in [0.05, 0.1) is 6.10 Å². The monoisotopic (exact) mass is 191 g/mol. The number of aliphatic carboxylic acids is 1. The van der Waals surface area contributed by atoms with Gasteiger partial charge in [0.15, 0.2) is 0 Å². The molecule has 1 aliphatic carbocycles. The van der Waals surface area contributed by atoms with Crippen LogP contribution in [0.1, 0.15) is 11.1 Å². The summed E-state index contributed by atoms with van der Waals surface area (Å²) in [4.78, 5) is 10.7. The van der Waals surface area contributed by atoms with Gasteiger partial charge in [-0.3, -0.25) is 0 Å². The zero-order valence-corrected chi connectivity index (χ0v) is 7.64. The van der Waals surface area contributed by atoms with Crippen LogP contribution in [0.3, 0.4) is 0 Å². The van der Waals surface area contributed by atoms with Crippen LogP contribution in [0.5, 0.6) is 0 Å². The molecule has 0 aromatic heterocycles.